The second-order valence-electron chi connectivity index (χ2n) is 5.23. The summed E-state index contributed by atoms with van der Waals surface area (Å²) in [4.78, 5) is 26.1. The van der Waals surface area contributed by atoms with Gasteiger partial charge in [0.05, 0.1) is 19.9 Å². The van der Waals surface area contributed by atoms with Crippen molar-refractivity contribution in [3.05, 3.63) is 18.2 Å². The first-order valence-corrected chi connectivity index (χ1v) is 7.48. The Kier molecular flexibility index (Phi) is 5.63. The average Bonchev–Trinajstić information content (AvgIpc) is 2.83. The number of carbonyl (C=O) groups is 2. The molecular weight excluding hydrogens is 284 g/mol. The quantitative estimate of drug-likeness (QED) is 0.868. The van der Waals surface area contributed by atoms with Crippen molar-refractivity contribution in [3.8, 4) is 11.5 Å². The van der Waals surface area contributed by atoms with Gasteiger partial charge >= 0.3 is 11.8 Å². The zero-order chi connectivity index (χ0) is 15.9. The highest BCUT2D eigenvalue weighted by Gasteiger charge is 2.23. The fourth-order valence-corrected chi connectivity index (χ4v) is 2.50. The number of hydrogen-bond donors (Lipinski definition) is 1. The van der Waals surface area contributed by atoms with Crippen LogP contribution in [0.2, 0.25) is 0 Å². The Morgan fingerprint density at radius 3 is 2.32 bits per heavy atom. The molecule has 1 aliphatic rings. The van der Waals surface area contributed by atoms with E-state index in [9.17, 15) is 9.59 Å². The van der Waals surface area contributed by atoms with Crippen molar-refractivity contribution < 1.29 is 19.1 Å². The first kappa shape index (κ1) is 16.1. The number of rotatable bonds is 3. The molecule has 0 bridgehead atoms. The van der Waals surface area contributed by atoms with Gasteiger partial charge in [0.25, 0.3) is 0 Å². The Morgan fingerprint density at radius 1 is 1.05 bits per heavy atom. The number of anilines is 1. The van der Waals surface area contributed by atoms with Crippen molar-refractivity contribution >= 4 is 17.5 Å². The van der Waals surface area contributed by atoms with E-state index in [0.29, 0.717) is 30.3 Å². The van der Waals surface area contributed by atoms with Crippen LogP contribution in [0, 0.1) is 0 Å². The Labute approximate surface area is 130 Å². The van der Waals surface area contributed by atoms with Crippen LogP contribution in [0.3, 0.4) is 0 Å². The predicted octanol–water partition coefficient (Wildman–Crippen LogP) is 2.04. The average molecular weight is 306 g/mol. The van der Waals surface area contributed by atoms with Gasteiger partial charge in [-0.2, -0.15) is 0 Å². The van der Waals surface area contributed by atoms with Gasteiger partial charge in [-0.05, 0) is 25.0 Å². The van der Waals surface area contributed by atoms with Crippen molar-refractivity contribution in [2.75, 3.05) is 32.6 Å². The topological polar surface area (TPSA) is 67.9 Å². The fraction of sp³-hybridized carbons (Fsp3) is 0.500. The first-order valence-electron chi connectivity index (χ1n) is 7.48. The summed E-state index contributed by atoms with van der Waals surface area (Å²) in [5.74, 6) is -0.0728. The van der Waals surface area contributed by atoms with E-state index in [0.717, 1.165) is 25.7 Å². The SMILES string of the molecule is COc1ccc(OC)c(NC(=O)C(=O)N2CCCCCC2)c1. The van der Waals surface area contributed by atoms with E-state index < -0.39 is 11.8 Å². The minimum atomic E-state index is -0.645. The summed E-state index contributed by atoms with van der Waals surface area (Å²) in [6.07, 6.45) is 4.10. The fourth-order valence-electron chi connectivity index (χ4n) is 2.50. The van der Waals surface area contributed by atoms with E-state index in [2.05, 4.69) is 5.32 Å². The maximum atomic E-state index is 12.3. The van der Waals surface area contributed by atoms with Crippen LogP contribution in [0.1, 0.15) is 25.7 Å². The van der Waals surface area contributed by atoms with E-state index >= 15 is 0 Å². The number of amides is 2. The zero-order valence-electron chi connectivity index (χ0n) is 13.1. The highest BCUT2D eigenvalue weighted by atomic mass is 16.5. The Balaban J connectivity index is 2.08. The summed E-state index contributed by atoms with van der Waals surface area (Å²) in [7, 11) is 3.05. The Hall–Kier alpha value is -2.24. The molecule has 0 unspecified atom stereocenters. The molecule has 1 N–H and O–H groups in total. The van der Waals surface area contributed by atoms with Crippen LogP contribution >= 0.6 is 0 Å². The lowest BCUT2D eigenvalue weighted by Gasteiger charge is -2.20. The summed E-state index contributed by atoms with van der Waals surface area (Å²) in [5, 5.41) is 2.62. The molecule has 0 radical (unpaired) electrons. The standard InChI is InChI=1S/C16H22N2O4/c1-21-12-7-8-14(22-2)13(11-12)17-15(19)16(20)18-9-5-3-4-6-10-18/h7-8,11H,3-6,9-10H2,1-2H3,(H,17,19). The lowest BCUT2D eigenvalue weighted by atomic mass is 10.2. The molecule has 6 heteroatoms. The summed E-state index contributed by atoms with van der Waals surface area (Å²) in [5.41, 5.74) is 0.426. The number of methoxy groups -OCH3 is 2. The maximum Gasteiger partial charge on any atom is 0.314 e. The maximum absolute atomic E-state index is 12.3. The van der Waals surface area contributed by atoms with Gasteiger partial charge < -0.3 is 19.7 Å². The van der Waals surface area contributed by atoms with Gasteiger partial charge in [0, 0.05) is 19.2 Å². The van der Waals surface area contributed by atoms with E-state index in [1.54, 1.807) is 23.1 Å². The number of hydrogen-bond acceptors (Lipinski definition) is 4. The molecule has 1 heterocycles. The molecular formula is C16H22N2O4. The van der Waals surface area contributed by atoms with Crippen LogP contribution in [-0.2, 0) is 9.59 Å². The highest BCUT2D eigenvalue weighted by Crippen LogP contribution is 2.28. The van der Waals surface area contributed by atoms with Crippen LogP contribution < -0.4 is 14.8 Å². The molecule has 6 nitrogen and oxygen atoms in total. The first-order chi connectivity index (χ1) is 10.7. The molecule has 1 fully saturated rings. The van der Waals surface area contributed by atoms with Gasteiger partial charge in [0.2, 0.25) is 0 Å². The van der Waals surface area contributed by atoms with E-state index in [1.807, 2.05) is 0 Å². The van der Waals surface area contributed by atoms with Crippen LogP contribution in [0.5, 0.6) is 11.5 Å². The minimum Gasteiger partial charge on any atom is -0.497 e. The van der Waals surface area contributed by atoms with Gasteiger partial charge in [0.15, 0.2) is 0 Å². The molecule has 2 rings (SSSR count). The van der Waals surface area contributed by atoms with Crippen LogP contribution in [-0.4, -0.2) is 44.0 Å². The van der Waals surface area contributed by atoms with Crippen LogP contribution in [0.15, 0.2) is 18.2 Å². The number of nitrogens with zero attached hydrogens (tertiary/aromatic N) is 1. The third kappa shape index (κ3) is 3.90. The van der Waals surface area contributed by atoms with Crippen molar-refractivity contribution in [2.24, 2.45) is 0 Å². The molecule has 1 aromatic rings. The van der Waals surface area contributed by atoms with E-state index in [1.165, 1.54) is 14.2 Å². The van der Waals surface area contributed by atoms with Crippen LogP contribution in [0.4, 0.5) is 5.69 Å². The largest absolute Gasteiger partial charge is 0.497 e. The zero-order valence-corrected chi connectivity index (χ0v) is 13.1. The Bertz CT molecular complexity index is 537. The van der Waals surface area contributed by atoms with Crippen molar-refractivity contribution in [2.45, 2.75) is 25.7 Å². The monoisotopic (exact) mass is 306 g/mol. The minimum absolute atomic E-state index is 0.426. The third-order valence-electron chi connectivity index (χ3n) is 3.74. The molecule has 0 saturated carbocycles. The lowest BCUT2D eigenvalue weighted by molar-refractivity contribution is -0.143. The smallest absolute Gasteiger partial charge is 0.314 e. The summed E-state index contributed by atoms with van der Waals surface area (Å²) in [6.45, 7) is 1.28. The molecule has 0 aliphatic carbocycles. The molecule has 1 aromatic carbocycles. The van der Waals surface area contributed by atoms with Crippen LogP contribution in [0.25, 0.3) is 0 Å². The highest BCUT2D eigenvalue weighted by molar-refractivity contribution is 6.39. The number of likely N-dealkylation sites (tertiary alicyclic amines) is 1. The molecule has 1 saturated heterocycles. The van der Waals surface area contributed by atoms with Gasteiger partial charge in [-0.15, -0.1) is 0 Å². The van der Waals surface area contributed by atoms with Crippen molar-refractivity contribution in [1.82, 2.24) is 4.90 Å². The van der Waals surface area contributed by atoms with Gasteiger partial charge in [-0.3, -0.25) is 9.59 Å². The van der Waals surface area contributed by atoms with E-state index in [-0.39, 0.29) is 0 Å². The van der Waals surface area contributed by atoms with Gasteiger partial charge in [0.1, 0.15) is 11.5 Å². The van der Waals surface area contributed by atoms with Crippen molar-refractivity contribution in [3.63, 3.8) is 0 Å². The van der Waals surface area contributed by atoms with Gasteiger partial charge in [-0.1, -0.05) is 12.8 Å². The Morgan fingerprint density at radius 2 is 1.73 bits per heavy atom. The normalized spacial score (nSPS) is 14.9. The molecule has 2 amide bonds. The predicted molar refractivity (Wildman–Crippen MR) is 83.2 cm³/mol. The second kappa shape index (κ2) is 7.68. The van der Waals surface area contributed by atoms with Gasteiger partial charge in [-0.25, -0.2) is 0 Å². The van der Waals surface area contributed by atoms with E-state index in [4.69, 9.17) is 9.47 Å². The summed E-state index contributed by atoms with van der Waals surface area (Å²) >= 11 is 0. The lowest BCUT2D eigenvalue weighted by Crippen LogP contribution is -2.40. The molecule has 0 spiro atoms. The third-order valence-corrected chi connectivity index (χ3v) is 3.74. The number of ether oxygens (including phenoxy) is 2. The number of carbonyl (C=O) groups excluding carboxylic acids is 2. The molecule has 120 valence electrons. The molecule has 22 heavy (non-hydrogen) atoms. The summed E-state index contributed by atoms with van der Waals surface area (Å²) < 4.78 is 10.3. The molecule has 0 aromatic heterocycles. The number of nitrogens with one attached hydrogen (secondary N) is 1. The molecule has 1 aliphatic heterocycles. The molecule has 0 atom stereocenters. The van der Waals surface area contributed by atoms with Crippen molar-refractivity contribution in [1.29, 1.82) is 0 Å². The second-order valence-corrected chi connectivity index (χ2v) is 5.23. The summed E-state index contributed by atoms with van der Waals surface area (Å²) in [6, 6.07) is 5.04. The number of benzene rings is 1.